The number of hydrogen-bond acceptors (Lipinski definition) is 5. The van der Waals surface area contributed by atoms with Gasteiger partial charge in [-0.3, -0.25) is 14.2 Å². The molecule has 9 nitrogen and oxygen atoms in total. The molecule has 0 saturated heterocycles. The van der Waals surface area contributed by atoms with Crippen molar-refractivity contribution in [3.05, 3.63) is 54.6 Å². The van der Waals surface area contributed by atoms with Crippen LogP contribution in [0.2, 0.25) is 0 Å². The van der Waals surface area contributed by atoms with Crippen molar-refractivity contribution in [3.63, 3.8) is 0 Å². The Morgan fingerprint density at radius 2 is 1.31 bits per heavy atom. The van der Waals surface area contributed by atoms with Crippen molar-refractivity contribution in [2.45, 2.75) is 56.4 Å². The number of carboxylic acid groups (broad SMARTS) is 2. The Kier molecular flexibility index (Phi) is 8.51. The first-order valence-electron chi connectivity index (χ1n) is 12.9. The van der Waals surface area contributed by atoms with Gasteiger partial charge in [-0.05, 0) is 80.5 Å². The van der Waals surface area contributed by atoms with Gasteiger partial charge < -0.3 is 15.5 Å². The van der Waals surface area contributed by atoms with Crippen molar-refractivity contribution in [1.82, 2.24) is 19.7 Å². The van der Waals surface area contributed by atoms with Crippen LogP contribution in [0.15, 0.2) is 48.9 Å². The number of pyridine rings is 2. The number of nitrogens with zero attached hydrogens (tertiary/aromatic N) is 3. The third-order valence-electron chi connectivity index (χ3n) is 7.60. The fraction of sp³-hybridized carbons (Fsp3) is 0.444. The van der Waals surface area contributed by atoms with Gasteiger partial charge in [-0.25, -0.2) is 14.6 Å². The number of carboxylic acids is 2. The number of imidazole rings is 1. The summed E-state index contributed by atoms with van der Waals surface area (Å²) >= 11 is 0. The number of aromatic nitrogens is 3. The summed E-state index contributed by atoms with van der Waals surface area (Å²) in [7, 11) is 0. The zero-order valence-corrected chi connectivity index (χ0v) is 21.8. The van der Waals surface area contributed by atoms with Crippen LogP contribution in [0, 0.1) is 17.8 Å². The Hall–Kier alpha value is -4.17. The predicted octanol–water partition coefficient (Wildman–Crippen LogP) is 5.36. The Morgan fingerprint density at radius 1 is 0.833 bits per heavy atom. The summed E-state index contributed by atoms with van der Waals surface area (Å²) in [6.45, 7) is 0. The molecule has 4 bridgehead atoms. The highest BCUT2D eigenvalue weighted by molar-refractivity contribution is 6.00. The molecule has 0 aromatic carbocycles. The van der Waals surface area contributed by atoms with Gasteiger partial charge in [0.25, 0.3) is 5.91 Å². The van der Waals surface area contributed by atoms with Crippen LogP contribution in [-0.4, -0.2) is 60.3 Å². The van der Waals surface area contributed by atoms with Crippen molar-refractivity contribution >= 4 is 23.4 Å². The zero-order chi connectivity index (χ0) is 30.9. The molecule has 0 unspecified atom stereocenters. The first-order chi connectivity index (χ1) is 19.6. The van der Waals surface area contributed by atoms with E-state index < -0.39 is 24.3 Å². The minimum Gasteiger partial charge on any atom is -0.475 e. The molecule has 4 saturated carbocycles. The lowest BCUT2D eigenvalue weighted by Gasteiger charge is -2.56. The molecule has 0 radical (unpaired) electrons. The summed E-state index contributed by atoms with van der Waals surface area (Å²) in [5.41, 5.74) is 2.35. The van der Waals surface area contributed by atoms with E-state index in [0.717, 1.165) is 53.9 Å². The quantitative estimate of drug-likeness (QED) is 0.345. The highest BCUT2D eigenvalue weighted by Gasteiger charge is 2.51. The van der Waals surface area contributed by atoms with Crippen LogP contribution in [0.4, 0.5) is 26.3 Å². The van der Waals surface area contributed by atoms with Crippen LogP contribution >= 0.6 is 0 Å². The number of aliphatic carboxylic acids is 2. The van der Waals surface area contributed by atoms with Crippen LogP contribution in [0.3, 0.4) is 0 Å². The van der Waals surface area contributed by atoms with E-state index in [9.17, 15) is 31.1 Å². The fourth-order valence-corrected chi connectivity index (χ4v) is 6.47. The van der Waals surface area contributed by atoms with Gasteiger partial charge in [0.1, 0.15) is 5.82 Å². The molecule has 4 fully saturated rings. The maximum atomic E-state index is 13.4. The van der Waals surface area contributed by atoms with Crippen molar-refractivity contribution in [3.8, 4) is 11.4 Å². The third kappa shape index (κ3) is 6.99. The number of nitrogens with one attached hydrogen (secondary N) is 1. The Labute approximate surface area is 234 Å². The fourth-order valence-electron chi connectivity index (χ4n) is 6.47. The number of hydrogen-bond donors (Lipinski definition) is 3. The summed E-state index contributed by atoms with van der Waals surface area (Å²) in [5, 5.41) is 17.7. The highest BCUT2D eigenvalue weighted by Crippen LogP contribution is 2.55. The molecule has 0 atom stereocenters. The molecule has 42 heavy (non-hydrogen) atoms. The number of carbonyl (C=O) groups excluding carboxylic acids is 1. The van der Waals surface area contributed by atoms with E-state index in [2.05, 4.69) is 10.3 Å². The lowest BCUT2D eigenvalue weighted by atomic mass is 9.53. The number of rotatable bonds is 3. The smallest absolute Gasteiger partial charge is 0.475 e. The Bertz CT molecular complexity index is 1400. The number of amides is 1. The van der Waals surface area contributed by atoms with Crippen LogP contribution in [0.25, 0.3) is 16.9 Å². The molecule has 3 heterocycles. The van der Waals surface area contributed by atoms with Gasteiger partial charge in [0.05, 0.1) is 5.52 Å². The molecule has 15 heteroatoms. The van der Waals surface area contributed by atoms with E-state index in [1.54, 1.807) is 12.4 Å². The number of carbonyl (C=O) groups is 3. The summed E-state index contributed by atoms with van der Waals surface area (Å²) in [6.07, 6.45) is 2.87. The standard InChI is InChI=1S/C23H24N4O.2C2HF3O2/c28-22(26-23-12-15-9-16(13-23)11-17(10-15)14-23)20-19-3-1-2-8-27(19)21(25-20)18-4-6-24-7-5-18;2*3-2(4,5)1(6)7/h1-8,15-17H,9-14H2,(H,26,28);2*(H,6,7). The molecule has 0 spiro atoms. The maximum absolute atomic E-state index is 13.4. The van der Waals surface area contributed by atoms with Gasteiger partial charge in [0.2, 0.25) is 0 Å². The Morgan fingerprint density at radius 3 is 1.76 bits per heavy atom. The summed E-state index contributed by atoms with van der Waals surface area (Å²) in [6, 6.07) is 9.78. The average molecular weight is 601 g/mol. The molecule has 226 valence electrons. The second-order valence-corrected chi connectivity index (χ2v) is 10.7. The van der Waals surface area contributed by atoms with Gasteiger partial charge in [-0.15, -0.1) is 0 Å². The second kappa shape index (κ2) is 11.6. The van der Waals surface area contributed by atoms with Gasteiger partial charge >= 0.3 is 24.3 Å². The normalized spacial score (nSPS) is 24.2. The monoisotopic (exact) mass is 600 g/mol. The summed E-state index contributed by atoms with van der Waals surface area (Å²) < 4.78 is 65.5. The van der Waals surface area contributed by atoms with E-state index in [-0.39, 0.29) is 11.4 Å². The molecule has 4 aliphatic carbocycles. The van der Waals surface area contributed by atoms with Gasteiger partial charge in [-0.1, -0.05) is 6.07 Å². The predicted molar refractivity (Wildman–Crippen MR) is 134 cm³/mol. The van der Waals surface area contributed by atoms with Crippen LogP contribution in [0.5, 0.6) is 0 Å². The highest BCUT2D eigenvalue weighted by atomic mass is 19.4. The van der Waals surface area contributed by atoms with Crippen molar-refractivity contribution in [2.75, 3.05) is 0 Å². The van der Waals surface area contributed by atoms with E-state index in [1.807, 2.05) is 40.9 Å². The number of fused-ring (bicyclic) bond motifs is 1. The van der Waals surface area contributed by atoms with Crippen LogP contribution < -0.4 is 5.32 Å². The third-order valence-corrected chi connectivity index (χ3v) is 7.60. The first kappa shape index (κ1) is 30.8. The molecule has 3 aromatic rings. The topological polar surface area (TPSA) is 134 Å². The first-order valence-corrected chi connectivity index (χ1v) is 12.9. The molecule has 3 aromatic heterocycles. The molecular weight excluding hydrogens is 574 g/mol. The lowest BCUT2D eigenvalue weighted by Crippen LogP contribution is -2.59. The van der Waals surface area contributed by atoms with Crippen LogP contribution in [-0.2, 0) is 9.59 Å². The summed E-state index contributed by atoms with van der Waals surface area (Å²) in [5.74, 6) is -2.34. The average Bonchev–Trinajstić information content (AvgIpc) is 3.28. The molecule has 3 N–H and O–H groups in total. The van der Waals surface area contributed by atoms with E-state index in [1.165, 1.54) is 19.3 Å². The van der Waals surface area contributed by atoms with Gasteiger partial charge in [-0.2, -0.15) is 26.3 Å². The number of alkyl halides is 6. The van der Waals surface area contributed by atoms with Crippen molar-refractivity contribution in [1.29, 1.82) is 0 Å². The lowest BCUT2D eigenvalue weighted by molar-refractivity contribution is -0.193. The van der Waals surface area contributed by atoms with E-state index >= 15 is 0 Å². The molecule has 0 aliphatic heterocycles. The SMILES string of the molecule is O=C(NC12CC3CC(CC(C3)C1)C2)c1nc(-c2ccncc2)n2ccccc12.O=C(O)C(F)(F)F.O=C(O)C(F)(F)F. The largest absolute Gasteiger partial charge is 0.490 e. The second-order valence-electron chi connectivity index (χ2n) is 10.7. The molecule has 7 rings (SSSR count). The molecule has 1 amide bonds. The van der Waals surface area contributed by atoms with E-state index in [0.29, 0.717) is 5.69 Å². The minimum absolute atomic E-state index is 0.00656. The maximum Gasteiger partial charge on any atom is 0.490 e. The summed E-state index contributed by atoms with van der Waals surface area (Å²) in [4.78, 5) is 40.1. The van der Waals surface area contributed by atoms with Gasteiger partial charge in [0, 0.05) is 29.7 Å². The Balaban J connectivity index is 0.000000243. The van der Waals surface area contributed by atoms with Gasteiger partial charge in [0.15, 0.2) is 5.69 Å². The van der Waals surface area contributed by atoms with Crippen molar-refractivity contribution < 1.29 is 50.9 Å². The molecule has 4 aliphatic rings. The zero-order valence-electron chi connectivity index (χ0n) is 21.8. The minimum atomic E-state index is -5.08. The van der Waals surface area contributed by atoms with Crippen LogP contribution in [0.1, 0.15) is 49.0 Å². The van der Waals surface area contributed by atoms with E-state index in [4.69, 9.17) is 24.8 Å². The van der Waals surface area contributed by atoms with Crippen molar-refractivity contribution in [2.24, 2.45) is 17.8 Å². The number of halogens is 6. The molecular formula is C27H26F6N4O5.